The predicted molar refractivity (Wildman–Crippen MR) is 122 cm³/mol. The summed E-state index contributed by atoms with van der Waals surface area (Å²) in [4.78, 5) is 19.8. The molecule has 0 bridgehead atoms. The molecule has 2 aliphatic heterocycles. The van der Waals surface area contributed by atoms with E-state index in [4.69, 9.17) is 14.5 Å². The molecule has 0 aromatic heterocycles. The average Bonchev–Trinajstić information content (AvgIpc) is 3.20. The third-order valence-electron chi connectivity index (χ3n) is 6.06. The van der Waals surface area contributed by atoms with Crippen molar-refractivity contribution in [2.75, 3.05) is 6.61 Å². The molecule has 2 heterocycles. The van der Waals surface area contributed by atoms with Crippen molar-refractivity contribution in [1.82, 2.24) is 4.90 Å². The van der Waals surface area contributed by atoms with Crippen LogP contribution < -0.4 is 9.47 Å². The molecule has 0 fully saturated rings. The van der Waals surface area contributed by atoms with Gasteiger partial charge in [-0.15, -0.1) is 0 Å². The number of para-hydroxylation sites is 1. The van der Waals surface area contributed by atoms with Gasteiger partial charge in [0.15, 0.2) is 18.1 Å². The highest BCUT2D eigenvalue weighted by Gasteiger charge is 2.33. The highest BCUT2D eigenvalue weighted by Crippen LogP contribution is 2.41. The fraction of sp³-hybridized carbons (Fsp3) is 0.385. The molecule has 2 aromatic carbocycles. The number of ether oxygens (including phenoxy) is 2. The number of hydrogen-bond acceptors (Lipinski definition) is 4. The summed E-state index contributed by atoms with van der Waals surface area (Å²) in [5.74, 6) is 2.12. The second kappa shape index (κ2) is 8.22. The second-order valence-electron chi connectivity index (χ2n) is 9.00. The molecule has 1 atom stereocenters. The summed E-state index contributed by atoms with van der Waals surface area (Å²) >= 11 is 0. The van der Waals surface area contributed by atoms with Gasteiger partial charge < -0.3 is 9.47 Å². The second-order valence-corrected chi connectivity index (χ2v) is 9.00. The third kappa shape index (κ3) is 4.36. The van der Waals surface area contributed by atoms with Crippen molar-refractivity contribution in [3.8, 4) is 11.5 Å². The van der Waals surface area contributed by atoms with Gasteiger partial charge in [-0.25, -0.2) is 4.99 Å². The largest absolute Gasteiger partial charge is 0.483 e. The van der Waals surface area contributed by atoms with Crippen molar-refractivity contribution in [1.29, 1.82) is 0 Å². The maximum absolute atomic E-state index is 13.4. The van der Waals surface area contributed by atoms with E-state index < -0.39 is 0 Å². The molecule has 162 valence electrons. The highest BCUT2D eigenvalue weighted by molar-refractivity contribution is 6.02. The van der Waals surface area contributed by atoms with Crippen LogP contribution in [0.3, 0.4) is 0 Å². The minimum atomic E-state index is -0.264. The summed E-state index contributed by atoms with van der Waals surface area (Å²) in [6, 6.07) is 15.8. The quantitative estimate of drug-likeness (QED) is 0.675. The lowest BCUT2D eigenvalue weighted by atomic mass is 10.0. The van der Waals surface area contributed by atoms with Crippen LogP contribution in [0.5, 0.6) is 11.5 Å². The maximum atomic E-state index is 13.4. The number of allylic oxidation sites excluding steroid dienone is 1. The van der Waals surface area contributed by atoms with Crippen LogP contribution in [-0.2, 0) is 17.8 Å². The van der Waals surface area contributed by atoms with Crippen molar-refractivity contribution in [3.05, 3.63) is 70.9 Å². The van der Waals surface area contributed by atoms with E-state index in [9.17, 15) is 4.79 Å². The summed E-state index contributed by atoms with van der Waals surface area (Å²) in [6.45, 7) is 10.7. The zero-order chi connectivity index (χ0) is 22.2. The van der Waals surface area contributed by atoms with Crippen molar-refractivity contribution < 1.29 is 14.3 Å². The molecule has 0 saturated carbocycles. The first-order valence-corrected chi connectivity index (χ1v) is 10.8. The number of hydrogen-bond donors (Lipinski definition) is 0. The molecule has 0 aliphatic carbocycles. The number of benzene rings is 2. The van der Waals surface area contributed by atoms with Crippen LogP contribution in [-0.4, -0.2) is 28.9 Å². The van der Waals surface area contributed by atoms with Crippen LogP contribution in [0.4, 0.5) is 0 Å². The van der Waals surface area contributed by atoms with Gasteiger partial charge in [-0.2, -0.15) is 0 Å². The van der Waals surface area contributed by atoms with E-state index in [2.05, 4.69) is 27.7 Å². The van der Waals surface area contributed by atoms with Gasteiger partial charge in [-0.05, 0) is 44.9 Å². The Kier molecular flexibility index (Phi) is 5.61. The molecule has 0 saturated heterocycles. The zero-order valence-electron chi connectivity index (χ0n) is 18.9. The van der Waals surface area contributed by atoms with Gasteiger partial charge in [0.1, 0.15) is 11.4 Å². The normalized spacial score (nSPS) is 19.0. The number of amidine groups is 1. The van der Waals surface area contributed by atoms with E-state index in [0.29, 0.717) is 12.3 Å². The van der Waals surface area contributed by atoms with Gasteiger partial charge in [0.05, 0.1) is 6.54 Å². The van der Waals surface area contributed by atoms with Crippen LogP contribution in [0.15, 0.2) is 64.8 Å². The van der Waals surface area contributed by atoms with Gasteiger partial charge >= 0.3 is 0 Å². The molecular formula is C26H30N2O3. The Balaban J connectivity index is 1.54. The Morgan fingerprint density at radius 2 is 1.90 bits per heavy atom. The molecule has 1 unspecified atom stereocenters. The van der Waals surface area contributed by atoms with Gasteiger partial charge in [-0.1, -0.05) is 49.4 Å². The molecule has 0 spiro atoms. The van der Waals surface area contributed by atoms with Gasteiger partial charge in [0.25, 0.3) is 5.91 Å². The average molecular weight is 419 g/mol. The van der Waals surface area contributed by atoms with Gasteiger partial charge in [-0.3, -0.25) is 9.69 Å². The minimum Gasteiger partial charge on any atom is -0.483 e. The zero-order valence-corrected chi connectivity index (χ0v) is 18.9. The van der Waals surface area contributed by atoms with E-state index in [1.54, 1.807) is 4.90 Å². The number of carbonyl (C=O) groups is 1. The molecule has 4 rings (SSSR count). The molecule has 1 amide bonds. The maximum Gasteiger partial charge on any atom is 0.266 e. The fourth-order valence-electron chi connectivity index (χ4n) is 4.14. The third-order valence-corrected chi connectivity index (χ3v) is 6.06. The Morgan fingerprint density at radius 1 is 1.16 bits per heavy atom. The van der Waals surface area contributed by atoms with Crippen LogP contribution in [0, 0.1) is 5.92 Å². The van der Waals surface area contributed by atoms with Crippen molar-refractivity contribution in [2.45, 2.75) is 53.2 Å². The SMILES string of the molecule is CC1=C(C)C(C)C(N(Cc2ccccc2)C(=O)COc2cccc3c2OC(C)(C)C3)=N1. The van der Waals surface area contributed by atoms with Crippen LogP contribution in [0.2, 0.25) is 0 Å². The van der Waals surface area contributed by atoms with E-state index in [1.165, 1.54) is 5.57 Å². The molecule has 0 N–H and O–H groups in total. The first-order chi connectivity index (χ1) is 14.7. The number of carbonyl (C=O) groups excluding carboxylic acids is 1. The standard InChI is InChI=1S/C26H30N2O3/c1-17-18(2)25(27-19(17)3)28(15-20-10-7-6-8-11-20)23(29)16-30-22-13-9-12-21-14-26(4,5)31-24(21)22/h6-13,18H,14-16H2,1-5H3. The monoisotopic (exact) mass is 418 g/mol. The van der Waals surface area contributed by atoms with Crippen molar-refractivity contribution in [3.63, 3.8) is 0 Å². The Morgan fingerprint density at radius 3 is 2.58 bits per heavy atom. The van der Waals surface area contributed by atoms with Crippen molar-refractivity contribution in [2.24, 2.45) is 10.9 Å². The number of nitrogens with zero attached hydrogens (tertiary/aromatic N) is 2. The Bertz CT molecular complexity index is 1050. The lowest BCUT2D eigenvalue weighted by Gasteiger charge is -2.26. The number of fused-ring (bicyclic) bond motifs is 1. The smallest absolute Gasteiger partial charge is 0.266 e. The van der Waals surface area contributed by atoms with Crippen LogP contribution >= 0.6 is 0 Å². The Labute approximate surface area is 184 Å². The van der Waals surface area contributed by atoms with E-state index in [-0.39, 0.29) is 24.0 Å². The van der Waals surface area contributed by atoms with Crippen LogP contribution in [0.1, 0.15) is 45.7 Å². The number of amides is 1. The van der Waals surface area contributed by atoms with Gasteiger partial charge in [0.2, 0.25) is 0 Å². The van der Waals surface area contributed by atoms with Crippen molar-refractivity contribution >= 4 is 11.7 Å². The first kappa shape index (κ1) is 21.2. The first-order valence-electron chi connectivity index (χ1n) is 10.8. The van der Waals surface area contributed by atoms with E-state index >= 15 is 0 Å². The minimum absolute atomic E-state index is 0.0725. The molecular weight excluding hydrogens is 388 g/mol. The summed E-state index contributed by atoms with van der Waals surface area (Å²) in [7, 11) is 0. The topological polar surface area (TPSA) is 51.1 Å². The Hall–Kier alpha value is -3.08. The number of aliphatic imine (C=N–C) groups is 1. The molecule has 5 heteroatoms. The lowest BCUT2D eigenvalue weighted by molar-refractivity contribution is -0.130. The van der Waals surface area contributed by atoms with Crippen LogP contribution in [0.25, 0.3) is 0 Å². The molecule has 2 aliphatic rings. The van der Waals surface area contributed by atoms with E-state index in [0.717, 1.165) is 34.8 Å². The number of rotatable bonds is 5. The molecule has 2 aromatic rings. The fourth-order valence-corrected chi connectivity index (χ4v) is 4.14. The molecule has 5 nitrogen and oxygen atoms in total. The predicted octanol–water partition coefficient (Wildman–Crippen LogP) is 5.15. The summed E-state index contributed by atoms with van der Waals surface area (Å²) in [5.41, 5.74) is 4.07. The molecule has 31 heavy (non-hydrogen) atoms. The van der Waals surface area contributed by atoms with E-state index in [1.807, 2.05) is 55.5 Å². The summed E-state index contributed by atoms with van der Waals surface area (Å²) < 4.78 is 12.1. The molecule has 0 radical (unpaired) electrons. The highest BCUT2D eigenvalue weighted by atomic mass is 16.5. The lowest BCUT2D eigenvalue weighted by Crippen LogP contribution is -2.41. The summed E-state index contributed by atoms with van der Waals surface area (Å²) in [6.07, 6.45) is 0.826. The summed E-state index contributed by atoms with van der Waals surface area (Å²) in [5, 5.41) is 0. The van der Waals surface area contributed by atoms with Gasteiger partial charge in [0, 0.05) is 23.6 Å².